The summed E-state index contributed by atoms with van der Waals surface area (Å²) < 4.78 is 0. The van der Waals surface area contributed by atoms with Gasteiger partial charge < -0.3 is 25.5 Å². The Kier molecular flexibility index (Phi) is 5.17. The number of hydrogen-bond acceptors (Lipinski definition) is 4. The summed E-state index contributed by atoms with van der Waals surface area (Å²) in [6.45, 7) is 0.0916. The molecule has 0 spiro atoms. The van der Waals surface area contributed by atoms with E-state index in [-0.39, 0.29) is 25.7 Å². The zero-order chi connectivity index (χ0) is 12.8. The molecule has 0 radical (unpaired) electrons. The number of carboxylic acid groups (broad SMARTS) is 1. The monoisotopic (exact) mass is 246 g/mol. The van der Waals surface area contributed by atoms with Gasteiger partial charge in [-0.3, -0.25) is 0 Å². The standard InChI is InChI=1S/C10H18N2O5/c13-5-3-8(9(15)16)11-10(17)12-4-1-2-7(12)6-14/h7-8,13-14H,1-6H2,(H,11,17)(H,15,16)/t7?,8-/m1/s1. The largest absolute Gasteiger partial charge is 0.480 e. The van der Waals surface area contributed by atoms with E-state index in [0.717, 1.165) is 12.8 Å². The predicted octanol–water partition coefficient (Wildman–Crippen LogP) is -1.01. The number of amides is 2. The quantitative estimate of drug-likeness (QED) is 0.497. The van der Waals surface area contributed by atoms with Crippen molar-refractivity contribution >= 4 is 12.0 Å². The van der Waals surface area contributed by atoms with Crippen molar-refractivity contribution in [2.75, 3.05) is 19.8 Å². The Labute approximate surface area is 99.0 Å². The number of carboxylic acids is 1. The molecule has 1 heterocycles. The van der Waals surface area contributed by atoms with Gasteiger partial charge in [-0.05, 0) is 12.8 Å². The number of likely N-dealkylation sites (tertiary alicyclic amines) is 1. The smallest absolute Gasteiger partial charge is 0.326 e. The molecule has 2 atom stereocenters. The Balaban J connectivity index is 2.54. The Hall–Kier alpha value is -1.34. The van der Waals surface area contributed by atoms with Crippen molar-refractivity contribution in [3.05, 3.63) is 0 Å². The fourth-order valence-corrected chi connectivity index (χ4v) is 1.91. The van der Waals surface area contributed by atoms with E-state index in [2.05, 4.69) is 5.32 Å². The lowest BCUT2D eigenvalue weighted by molar-refractivity contribution is -0.139. The van der Waals surface area contributed by atoms with Crippen LogP contribution in [0.1, 0.15) is 19.3 Å². The van der Waals surface area contributed by atoms with Crippen LogP contribution < -0.4 is 5.32 Å². The summed E-state index contributed by atoms with van der Waals surface area (Å²) in [5, 5.41) is 28.9. The summed E-state index contributed by atoms with van der Waals surface area (Å²) in [7, 11) is 0. The number of nitrogens with zero attached hydrogens (tertiary/aromatic N) is 1. The van der Waals surface area contributed by atoms with Gasteiger partial charge in [0.2, 0.25) is 0 Å². The van der Waals surface area contributed by atoms with Gasteiger partial charge in [-0.1, -0.05) is 0 Å². The van der Waals surface area contributed by atoms with E-state index < -0.39 is 18.0 Å². The van der Waals surface area contributed by atoms with Gasteiger partial charge in [0.1, 0.15) is 6.04 Å². The van der Waals surface area contributed by atoms with E-state index >= 15 is 0 Å². The van der Waals surface area contributed by atoms with Crippen LogP contribution in [0.25, 0.3) is 0 Å². The minimum Gasteiger partial charge on any atom is -0.480 e. The van der Waals surface area contributed by atoms with Crippen molar-refractivity contribution in [3.63, 3.8) is 0 Å². The second kappa shape index (κ2) is 6.41. The van der Waals surface area contributed by atoms with Crippen molar-refractivity contribution < 1.29 is 24.9 Å². The number of urea groups is 1. The first-order valence-corrected chi connectivity index (χ1v) is 5.61. The molecule has 4 N–H and O–H groups in total. The van der Waals surface area contributed by atoms with Gasteiger partial charge in [0.25, 0.3) is 0 Å². The van der Waals surface area contributed by atoms with E-state index in [4.69, 9.17) is 15.3 Å². The van der Waals surface area contributed by atoms with Crippen LogP contribution in [0.2, 0.25) is 0 Å². The molecule has 17 heavy (non-hydrogen) atoms. The zero-order valence-corrected chi connectivity index (χ0v) is 9.50. The van der Waals surface area contributed by atoms with Crippen LogP contribution in [0.3, 0.4) is 0 Å². The summed E-state index contributed by atoms with van der Waals surface area (Å²) >= 11 is 0. The van der Waals surface area contributed by atoms with Crippen LogP contribution in [0, 0.1) is 0 Å². The van der Waals surface area contributed by atoms with E-state index in [1.807, 2.05) is 0 Å². The average molecular weight is 246 g/mol. The second-order valence-corrected chi connectivity index (χ2v) is 4.02. The number of aliphatic hydroxyl groups excluding tert-OH is 2. The third-order valence-electron chi connectivity index (χ3n) is 2.86. The van der Waals surface area contributed by atoms with E-state index in [1.165, 1.54) is 4.90 Å². The first-order valence-electron chi connectivity index (χ1n) is 5.61. The van der Waals surface area contributed by atoms with Gasteiger partial charge in [-0.25, -0.2) is 9.59 Å². The lowest BCUT2D eigenvalue weighted by atomic mass is 10.2. The normalized spacial score (nSPS) is 21.3. The first kappa shape index (κ1) is 13.7. The summed E-state index contributed by atoms with van der Waals surface area (Å²) in [6.07, 6.45) is 1.50. The molecule has 0 bridgehead atoms. The topological polar surface area (TPSA) is 110 Å². The predicted molar refractivity (Wildman–Crippen MR) is 58.5 cm³/mol. The molecule has 1 rings (SSSR count). The zero-order valence-electron chi connectivity index (χ0n) is 9.50. The minimum absolute atomic E-state index is 0.0291. The highest BCUT2D eigenvalue weighted by Gasteiger charge is 2.30. The highest BCUT2D eigenvalue weighted by atomic mass is 16.4. The van der Waals surface area contributed by atoms with Crippen molar-refractivity contribution in [2.24, 2.45) is 0 Å². The van der Waals surface area contributed by atoms with Crippen LogP contribution in [0.4, 0.5) is 4.79 Å². The van der Waals surface area contributed by atoms with Crippen LogP contribution in [0.15, 0.2) is 0 Å². The molecule has 98 valence electrons. The molecule has 2 amide bonds. The molecule has 0 aromatic carbocycles. The minimum atomic E-state index is -1.17. The SMILES string of the molecule is O=C(O)[C@@H](CCO)NC(=O)N1CCCC1CO. The van der Waals surface area contributed by atoms with Crippen LogP contribution in [-0.2, 0) is 4.79 Å². The lowest BCUT2D eigenvalue weighted by Gasteiger charge is -2.25. The second-order valence-electron chi connectivity index (χ2n) is 4.02. The fraction of sp³-hybridized carbons (Fsp3) is 0.800. The van der Waals surface area contributed by atoms with Crippen molar-refractivity contribution in [1.29, 1.82) is 0 Å². The molecular formula is C10H18N2O5. The van der Waals surface area contributed by atoms with Gasteiger partial charge in [0.05, 0.1) is 12.6 Å². The summed E-state index contributed by atoms with van der Waals surface area (Å²) in [4.78, 5) is 24.0. The molecule has 7 nitrogen and oxygen atoms in total. The maximum Gasteiger partial charge on any atom is 0.326 e. The molecule has 1 unspecified atom stereocenters. The number of rotatable bonds is 5. The summed E-state index contributed by atoms with van der Waals surface area (Å²) in [6, 6.07) is -1.83. The lowest BCUT2D eigenvalue weighted by Crippen LogP contribution is -2.50. The van der Waals surface area contributed by atoms with Crippen LogP contribution in [-0.4, -0.2) is 64.1 Å². The molecule has 1 saturated heterocycles. The number of hydrogen-bond donors (Lipinski definition) is 4. The third kappa shape index (κ3) is 3.57. The maximum atomic E-state index is 11.8. The molecule has 0 aromatic heterocycles. The Morgan fingerprint density at radius 2 is 2.12 bits per heavy atom. The number of aliphatic hydroxyl groups is 2. The van der Waals surface area contributed by atoms with E-state index in [1.54, 1.807) is 0 Å². The number of carbonyl (C=O) groups is 2. The Bertz CT molecular complexity index is 284. The Morgan fingerprint density at radius 3 is 2.65 bits per heavy atom. The van der Waals surface area contributed by atoms with E-state index in [9.17, 15) is 9.59 Å². The van der Waals surface area contributed by atoms with Crippen molar-refractivity contribution in [2.45, 2.75) is 31.3 Å². The molecule has 1 fully saturated rings. The molecule has 7 heteroatoms. The molecule has 1 aliphatic rings. The molecule has 0 aliphatic carbocycles. The van der Waals surface area contributed by atoms with Gasteiger partial charge in [-0.15, -0.1) is 0 Å². The van der Waals surface area contributed by atoms with Gasteiger partial charge in [-0.2, -0.15) is 0 Å². The summed E-state index contributed by atoms with van der Waals surface area (Å²) in [5.41, 5.74) is 0. The maximum absolute atomic E-state index is 11.8. The highest BCUT2D eigenvalue weighted by molar-refractivity contribution is 5.82. The molecule has 0 aromatic rings. The number of carbonyl (C=O) groups excluding carboxylic acids is 1. The van der Waals surface area contributed by atoms with Gasteiger partial charge in [0, 0.05) is 19.6 Å². The first-order chi connectivity index (χ1) is 8.10. The van der Waals surface area contributed by atoms with Gasteiger partial charge >= 0.3 is 12.0 Å². The fourth-order valence-electron chi connectivity index (χ4n) is 1.91. The van der Waals surface area contributed by atoms with E-state index in [0.29, 0.717) is 6.54 Å². The molecule has 0 saturated carbocycles. The number of aliphatic carboxylic acids is 1. The number of nitrogens with one attached hydrogen (secondary N) is 1. The van der Waals surface area contributed by atoms with Crippen molar-refractivity contribution in [3.8, 4) is 0 Å². The van der Waals surface area contributed by atoms with Crippen molar-refractivity contribution in [1.82, 2.24) is 10.2 Å². The third-order valence-corrected chi connectivity index (χ3v) is 2.86. The average Bonchev–Trinajstić information content (AvgIpc) is 2.76. The summed E-state index contributed by atoms with van der Waals surface area (Å²) in [5.74, 6) is -1.17. The Morgan fingerprint density at radius 1 is 1.41 bits per heavy atom. The van der Waals surface area contributed by atoms with Crippen LogP contribution >= 0.6 is 0 Å². The van der Waals surface area contributed by atoms with Crippen LogP contribution in [0.5, 0.6) is 0 Å². The molecule has 1 aliphatic heterocycles. The highest BCUT2D eigenvalue weighted by Crippen LogP contribution is 2.16. The van der Waals surface area contributed by atoms with Gasteiger partial charge in [0.15, 0.2) is 0 Å². The molecular weight excluding hydrogens is 228 g/mol.